The van der Waals surface area contributed by atoms with Gasteiger partial charge in [0.1, 0.15) is 11.9 Å². The average molecular weight is 428 g/mol. The van der Waals surface area contributed by atoms with E-state index in [1.165, 1.54) is 0 Å². The summed E-state index contributed by atoms with van der Waals surface area (Å²) in [6.07, 6.45) is 7.00. The van der Waals surface area contributed by atoms with Crippen LogP contribution in [0.5, 0.6) is 5.75 Å². The van der Waals surface area contributed by atoms with Gasteiger partial charge in [0.15, 0.2) is 0 Å². The van der Waals surface area contributed by atoms with E-state index in [1.807, 2.05) is 55.6 Å². The van der Waals surface area contributed by atoms with E-state index >= 15 is 0 Å². The third-order valence-corrected chi connectivity index (χ3v) is 5.37. The number of aromatic nitrogens is 2. The number of benzene rings is 2. The van der Waals surface area contributed by atoms with E-state index in [1.54, 1.807) is 7.05 Å². The summed E-state index contributed by atoms with van der Waals surface area (Å²) < 4.78 is 6.20. The Morgan fingerprint density at radius 1 is 1.28 bits per heavy atom. The standard InChI is InChI=1S/C26H29N5O/c1-17(2)8-9-23(27-4)19-6-5-7-21(13-19)30-26-29-15-20-12-18(3)25(14-24(20)31-26)32-22-10-11-28-16-22/h5-9,12-15,22,28H,1,10-11,16H2,2-4H3,(H,29,30,31)/b9-8-,27-23?. The van der Waals surface area contributed by atoms with Crippen LogP contribution in [0.15, 0.2) is 71.9 Å². The highest BCUT2D eigenvalue weighted by Crippen LogP contribution is 2.27. The second kappa shape index (κ2) is 9.75. The average Bonchev–Trinajstić information content (AvgIpc) is 3.28. The summed E-state index contributed by atoms with van der Waals surface area (Å²) >= 11 is 0. The molecule has 2 heterocycles. The fraction of sp³-hybridized carbons (Fsp3) is 0.269. The quantitative estimate of drug-likeness (QED) is 0.411. The Balaban J connectivity index is 1.57. The number of hydrogen-bond donors (Lipinski definition) is 2. The van der Waals surface area contributed by atoms with Crippen molar-refractivity contribution < 1.29 is 4.74 Å². The molecule has 3 aromatic rings. The van der Waals surface area contributed by atoms with E-state index in [2.05, 4.69) is 40.2 Å². The molecule has 1 aliphatic rings. The number of hydrogen-bond acceptors (Lipinski definition) is 6. The molecule has 164 valence electrons. The maximum atomic E-state index is 6.20. The molecule has 0 bridgehead atoms. The zero-order valence-electron chi connectivity index (χ0n) is 18.9. The van der Waals surface area contributed by atoms with Crippen molar-refractivity contribution in [1.82, 2.24) is 15.3 Å². The zero-order chi connectivity index (χ0) is 22.5. The lowest BCUT2D eigenvalue weighted by molar-refractivity contribution is 0.222. The van der Waals surface area contributed by atoms with E-state index in [-0.39, 0.29) is 6.10 Å². The van der Waals surface area contributed by atoms with Crippen molar-refractivity contribution in [3.05, 3.63) is 78.0 Å². The summed E-state index contributed by atoms with van der Waals surface area (Å²) in [6.45, 7) is 9.81. The Hall–Kier alpha value is -3.51. The van der Waals surface area contributed by atoms with Crippen LogP contribution in [0.25, 0.3) is 10.9 Å². The van der Waals surface area contributed by atoms with E-state index in [9.17, 15) is 0 Å². The van der Waals surface area contributed by atoms with Gasteiger partial charge in [-0.3, -0.25) is 4.99 Å². The lowest BCUT2D eigenvalue weighted by Gasteiger charge is -2.15. The molecule has 1 unspecified atom stereocenters. The summed E-state index contributed by atoms with van der Waals surface area (Å²) in [5.41, 5.74) is 5.71. The molecule has 6 nitrogen and oxygen atoms in total. The van der Waals surface area contributed by atoms with Gasteiger partial charge in [-0.2, -0.15) is 0 Å². The molecular weight excluding hydrogens is 398 g/mol. The van der Waals surface area contributed by atoms with Crippen molar-refractivity contribution in [2.24, 2.45) is 4.99 Å². The van der Waals surface area contributed by atoms with Crippen LogP contribution in [0.1, 0.15) is 24.5 Å². The van der Waals surface area contributed by atoms with Crippen LogP contribution < -0.4 is 15.4 Å². The normalized spacial score (nSPS) is 16.6. The number of nitrogens with one attached hydrogen (secondary N) is 2. The molecular formula is C26H29N5O. The molecule has 1 saturated heterocycles. The molecule has 0 saturated carbocycles. The van der Waals surface area contributed by atoms with Gasteiger partial charge in [-0.25, -0.2) is 9.97 Å². The number of aryl methyl sites for hydroxylation is 1. The van der Waals surface area contributed by atoms with Gasteiger partial charge < -0.3 is 15.4 Å². The predicted octanol–water partition coefficient (Wildman–Crippen LogP) is 4.97. The number of rotatable bonds is 7. The van der Waals surface area contributed by atoms with Gasteiger partial charge in [0.05, 0.1) is 11.2 Å². The highest BCUT2D eigenvalue weighted by molar-refractivity contribution is 6.09. The molecule has 2 aromatic carbocycles. The van der Waals surface area contributed by atoms with Crippen LogP contribution in [0.3, 0.4) is 0 Å². The molecule has 0 amide bonds. The minimum Gasteiger partial charge on any atom is -0.489 e. The fourth-order valence-electron chi connectivity index (χ4n) is 3.68. The molecule has 0 spiro atoms. The molecule has 1 fully saturated rings. The molecule has 32 heavy (non-hydrogen) atoms. The van der Waals surface area contributed by atoms with Crippen molar-refractivity contribution in [1.29, 1.82) is 0 Å². The van der Waals surface area contributed by atoms with Crippen LogP contribution in [-0.4, -0.2) is 41.9 Å². The molecule has 6 heteroatoms. The SMILES string of the molecule is C=C(C)/C=C\C(=NC)c1cccc(Nc2ncc3cc(C)c(OC4CCNC4)cc3n2)c1. The van der Waals surface area contributed by atoms with E-state index in [0.29, 0.717) is 5.95 Å². The number of aliphatic imine (C=N–C) groups is 1. The molecule has 1 aliphatic heterocycles. The predicted molar refractivity (Wildman–Crippen MR) is 132 cm³/mol. The smallest absolute Gasteiger partial charge is 0.227 e. The Labute approximate surface area is 189 Å². The Bertz CT molecular complexity index is 1190. The first-order valence-corrected chi connectivity index (χ1v) is 10.8. The summed E-state index contributed by atoms with van der Waals surface area (Å²) in [6, 6.07) is 12.1. The first-order chi connectivity index (χ1) is 15.5. The minimum atomic E-state index is 0.210. The molecule has 2 N–H and O–H groups in total. The van der Waals surface area contributed by atoms with E-state index < -0.39 is 0 Å². The zero-order valence-corrected chi connectivity index (χ0v) is 18.9. The summed E-state index contributed by atoms with van der Waals surface area (Å²) in [5, 5.41) is 7.65. The van der Waals surface area contributed by atoms with Gasteiger partial charge in [-0.1, -0.05) is 30.4 Å². The first kappa shape index (κ1) is 21.7. The third-order valence-electron chi connectivity index (χ3n) is 5.37. The highest BCUT2D eigenvalue weighted by atomic mass is 16.5. The van der Waals surface area contributed by atoms with Crippen molar-refractivity contribution >= 4 is 28.3 Å². The maximum Gasteiger partial charge on any atom is 0.227 e. The van der Waals surface area contributed by atoms with E-state index in [4.69, 9.17) is 9.72 Å². The van der Waals surface area contributed by atoms with Gasteiger partial charge in [0.25, 0.3) is 0 Å². The Kier molecular flexibility index (Phi) is 6.61. The minimum absolute atomic E-state index is 0.210. The number of allylic oxidation sites excluding steroid dienone is 3. The molecule has 0 aliphatic carbocycles. The Morgan fingerprint density at radius 3 is 2.91 bits per heavy atom. The maximum absolute atomic E-state index is 6.20. The fourth-order valence-corrected chi connectivity index (χ4v) is 3.68. The number of nitrogens with zero attached hydrogens (tertiary/aromatic N) is 3. The lowest BCUT2D eigenvalue weighted by atomic mass is 10.1. The topological polar surface area (TPSA) is 71.4 Å². The van der Waals surface area contributed by atoms with Crippen LogP contribution in [0.2, 0.25) is 0 Å². The molecule has 1 atom stereocenters. The van der Waals surface area contributed by atoms with Gasteiger partial charge in [0, 0.05) is 42.5 Å². The number of fused-ring (bicyclic) bond motifs is 1. The second-order valence-electron chi connectivity index (χ2n) is 8.10. The first-order valence-electron chi connectivity index (χ1n) is 10.8. The van der Waals surface area contributed by atoms with Crippen LogP contribution in [0, 0.1) is 6.92 Å². The number of anilines is 2. The van der Waals surface area contributed by atoms with Crippen molar-refractivity contribution in [3.63, 3.8) is 0 Å². The van der Waals surface area contributed by atoms with Crippen molar-refractivity contribution in [2.45, 2.75) is 26.4 Å². The summed E-state index contributed by atoms with van der Waals surface area (Å²) in [5.74, 6) is 1.42. The van der Waals surface area contributed by atoms with Gasteiger partial charge in [-0.05, 0) is 56.7 Å². The second-order valence-corrected chi connectivity index (χ2v) is 8.10. The third kappa shape index (κ3) is 5.21. The largest absolute Gasteiger partial charge is 0.489 e. The van der Waals surface area contributed by atoms with E-state index in [0.717, 1.165) is 64.3 Å². The van der Waals surface area contributed by atoms with Crippen LogP contribution >= 0.6 is 0 Å². The number of ether oxygens (including phenoxy) is 1. The highest BCUT2D eigenvalue weighted by Gasteiger charge is 2.17. The molecule has 0 radical (unpaired) electrons. The monoisotopic (exact) mass is 427 g/mol. The van der Waals surface area contributed by atoms with Crippen LogP contribution in [-0.2, 0) is 0 Å². The van der Waals surface area contributed by atoms with Crippen molar-refractivity contribution in [2.75, 3.05) is 25.5 Å². The molecule has 4 rings (SSSR count). The van der Waals surface area contributed by atoms with Crippen LogP contribution in [0.4, 0.5) is 11.6 Å². The Morgan fingerprint density at radius 2 is 2.16 bits per heavy atom. The summed E-state index contributed by atoms with van der Waals surface area (Å²) in [7, 11) is 1.79. The molecule has 1 aromatic heterocycles. The lowest BCUT2D eigenvalue weighted by Crippen LogP contribution is -2.20. The van der Waals surface area contributed by atoms with Crippen molar-refractivity contribution in [3.8, 4) is 5.75 Å². The van der Waals surface area contributed by atoms with Gasteiger partial charge in [-0.15, -0.1) is 0 Å². The van der Waals surface area contributed by atoms with Gasteiger partial charge in [0.2, 0.25) is 5.95 Å². The van der Waals surface area contributed by atoms with Gasteiger partial charge >= 0.3 is 0 Å². The summed E-state index contributed by atoms with van der Waals surface area (Å²) in [4.78, 5) is 13.6.